The van der Waals surface area contributed by atoms with E-state index in [1.54, 1.807) is 0 Å². The van der Waals surface area contributed by atoms with Gasteiger partial charge in [-0.1, -0.05) is 50.2 Å². The van der Waals surface area contributed by atoms with Gasteiger partial charge >= 0.3 is 0 Å². The number of hydrogen-bond acceptors (Lipinski definition) is 1. The van der Waals surface area contributed by atoms with E-state index in [0.717, 1.165) is 24.0 Å². The molecule has 0 spiro atoms. The second kappa shape index (κ2) is 6.23. The molecule has 0 fully saturated rings. The first-order valence-corrected chi connectivity index (χ1v) is 7.44. The molecule has 0 heterocycles. The standard InChI is InChI=1S/C19H24O/c1-5-15-10-11-16(6-2)18(12-15)19(20)17-9-7-8-13(3)14(17)4/h7-12,19-20H,5-6H2,1-4H3. The average molecular weight is 268 g/mol. The van der Waals surface area contributed by atoms with Crippen LogP contribution in [-0.2, 0) is 12.8 Å². The summed E-state index contributed by atoms with van der Waals surface area (Å²) in [6.07, 6.45) is 1.41. The zero-order valence-corrected chi connectivity index (χ0v) is 12.9. The monoisotopic (exact) mass is 268 g/mol. The quantitative estimate of drug-likeness (QED) is 0.865. The summed E-state index contributed by atoms with van der Waals surface area (Å²) < 4.78 is 0. The molecule has 0 bridgehead atoms. The van der Waals surface area contributed by atoms with Crippen molar-refractivity contribution in [3.63, 3.8) is 0 Å². The molecule has 1 heteroatoms. The molecule has 0 aromatic heterocycles. The summed E-state index contributed by atoms with van der Waals surface area (Å²) in [6.45, 7) is 8.47. The molecule has 1 atom stereocenters. The summed E-state index contributed by atoms with van der Waals surface area (Å²) in [5.41, 5.74) is 7.00. The first-order valence-electron chi connectivity index (χ1n) is 7.44. The van der Waals surface area contributed by atoms with Crippen LogP contribution in [0.2, 0.25) is 0 Å². The lowest BCUT2D eigenvalue weighted by Crippen LogP contribution is -2.07. The third-order valence-electron chi connectivity index (χ3n) is 4.24. The fourth-order valence-corrected chi connectivity index (χ4v) is 2.68. The molecule has 0 saturated heterocycles. The molecule has 1 N–H and O–H groups in total. The normalized spacial score (nSPS) is 12.4. The minimum atomic E-state index is -0.531. The molecule has 0 amide bonds. The Kier molecular flexibility index (Phi) is 4.61. The van der Waals surface area contributed by atoms with Crippen molar-refractivity contribution in [3.05, 3.63) is 69.8 Å². The highest BCUT2D eigenvalue weighted by Gasteiger charge is 2.17. The molecule has 20 heavy (non-hydrogen) atoms. The third kappa shape index (κ3) is 2.78. The third-order valence-corrected chi connectivity index (χ3v) is 4.24. The van der Waals surface area contributed by atoms with E-state index in [-0.39, 0.29) is 0 Å². The Morgan fingerprint density at radius 3 is 2.35 bits per heavy atom. The lowest BCUT2D eigenvalue weighted by atomic mass is 9.90. The van der Waals surface area contributed by atoms with Gasteiger partial charge in [-0.05, 0) is 60.1 Å². The van der Waals surface area contributed by atoms with E-state index in [4.69, 9.17) is 0 Å². The van der Waals surface area contributed by atoms with Gasteiger partial charge in [0.2, 0.25) is 0 Å². The molecule has 2 aromatic rings. The Morgan fingerprint density at radius 2 is 1.70 bits per heavy atom. The highest BCUT2D eigenvalue weighted by Crippen LogP contribution is 2.29. The molecule has 2 rings (SSSR count). The van der Waals surface area contributed by atoms with Crippen molar-refractivity contribution in [2.24, 2.45) is 0 Å². The van der Waals surface area contributed by atoms with Crippen LogP contribution in [0.25, 0.3) is 0 Å². The minimum absolute atomic E-state index is 0.531. The smallest absolute Gasteiger partial charge is 0.105 e. The van der Waals surface area contributed by atoms with Crippen molar-refractivity contribution in [1.29, 1.82) is 0 Å². The number of aliphatic hydroxyl groups is 1. The molecule has 106 valence electrons. The summed E-state index contributed by atoms with van der Waals surface area (Å²) >= 11 is 0. The van der Waals surface area contributed by atoms with Crippen molar-refractivity contribution in [1.82, 2.24) is 0 Å². The first kappa shape index (κ1) is 14.8. The molecule has 0 aliphatic rings. The van der Waals surface area contributed by atoms with Gasteiger partial charge in [-0.15, -0.1) is 0 Å². The summed E-state index contributed by atoms with van der Waals surface area (Å²) in [6, 6.07) is 12.6. The van der Waals surface area contributed by atoms with Gasteiger partial charge in [0.25, 0.3) is 0 Å². The zero-order valence-electron chi connectivity index (χ0n) is 12.9. The topological polar surface area (TPSA) is 20.2 Å². The van der Waals surface area contributed by atoms with Gasteiger partial charge in [0.15, 0.2) is 0 Å². The minimum Gasteiger partial charge on any atom is -0.384 e. The van der Waals surface area contributed by atoms with Crippen molar-refractivity contribution < 1.29 is 5.11 Å². The van der Waals surface area contributed by atoms with E-state index in [1.165, 1.54) is 22.3 Å². The fraction of sp³-hybridized carbons (Fsp3) is 0.368. The molecule has 0 radical (unpaired) electrons. The number of aryl methyl sites for hydroxylation is 3. The molecule has 1 unspecified atom stereocenters. The average Bonchev–Trinajstić information content (AvgIpc) is 2.48. The van der Waals surface area contributed by atoms with Crippen molar-refractivity contribution in [2.75, 3.05) is 0 Å². The largest absolute Gasteiger partial charge is 0.384 e. The Labute approximate surface area is 122 Å². The summed E-state index contributed by atoms with van der Waals surface area (Å²) in [7, 11) is 0. The molecule has 1 nitrogen and oxygen atoms in total. The Hall–Kier alpha value is -1.60. The van der Waals surface area contributed by atoms with Crippen LogP contribution in [0.5, 0.6) is 0 Å². The van der Waals surface area contributed by atoms with Crippen molar-refractivity contribution in [2.45, 2.75) is 46.6 Å². The second-order valence-electron chi connectivity index (χ2n) is 5.43. The maximum Gasteiger partial charge on any atom is 0.105 e. The predicted octanol–water partition coefficient (Wildman–Crippen LogP) is 4.51. The van der Waals surface area contributed by atoms with Crippen molar-refractivity contribution in [3.8, 4) is 0 Å². The molecule has 2 aromatic carbocycles. The Balaban J connectivity index is 2.51. The lowest BCUT2D eigenvalue weighted by Gasteiger charge is -2.19. The highest BCUT2D eigenvalue weighted by molar-refractivity contribution is 5.43. The van der Waals surface area contributed by atoms with Crippen LogP contribution in [0.3, 0.4) is 0 Å². The van der Waals surface area contributed by atoms with Gasteiger partial charge in [0.05, 0.1) is 0 Å². The second-order valence-corrected chi connectivity index (χ2v) is 5.43. The van der Waals surface area contributed by atoms with Crippen LogP contribution >= 0.6 is 0 Å². The number of hydrogen-bond donors (Lipinski definition) is 1. The number of aliphatic hydroxyl groups excluding tert-OH is 1. The van der Waals surface area contributed by atoms with Crippen LogP contribution in [0, 0.1) is 13.8 Å². The lowest BCUT2D eigenvalue weighted by molar-refractivity contribution is 0.218. The number of benzene rings is 2. The van der Waals surface area contributed by atoms with Crippen LogP contribution in [0.15, 0.2) is 36.4 Å². The van der Waals surface area contributed by atoms with Crippen LogP contribution in [0.4, 0.5) is 0 Å². The van der Waals surface area contributed by atoms with E-state index in [2.05, 4.69) is 52.0 Å². The van der Waals surface area contributed by atoms with Gasteiger partial charge in [0, 0.05) is 0 Å². The van der Waals surface area contributed by atoms with Crippen molar-refractivity contribution >= 4 is 0 Å². The van der Waals surface area contributed by atoms with Gasteiger partial charge < -0.3 is 5.11 Å². The molecular weight excluding hydrogens is 244 g/mol. The zero-order chi connectivity index (χ0) is 14.7. The molecule has 0 saturated carbocycles. The maximum absolute atomic E-state index is 10.8. The maximum atomic E-state index is 10.8. The van der Waals surface area contributed by atoms with E-state index >= 15 is 0 Å². The molecular formula is C19H24O. The summed E-state index contributed by atoms with van der Waals surface area (Å²) in [4.78, 5) is 0. The molecule has 0 aliphatic heterocycles. The van der Waals surface area contributed by atoms with Gasteiger partial charge in [-0.2, -0.15) is 0 Å². The Morgan fingerprint density at radius 1 is 0.950 bits per heavy atom. The highest BCUT2D eigenvalue weighted by atomic mass is 16.3. The first-order chi connectivity index (χ1) is 9.58. The SMILES string of the molecule is CCc1ccc(CC)c(C(O)c2cccc(C)c2C)c1. The van der Waals surface area contributed by atoms with Crippen LogP contribution < -0.4 is 0 Å². The van der Waals surface area contributed by atoms with E-state index in [1.807, 2.05) is 12.1 Å². The summed E-state index contributed by atoms with van der Waals surface area (Å²) in [5, 5.41) is 10.8. The number of rotatable bonds is 4. The van der Waals surface area contributed by atoms with Gasteiger partial charge in [-0.25, -0.2) is 0 Å². The van der Waals surface area contributed by atoms with Gasteiger partial charge in [-0.3, -0.25) is 0 Å². The predicted molar refractivity (Wildman–Crippen MR) is 85.2 cm³/mol. The fourth-order valence-electron chi connectivity index (χ4n) is 2.68. The van der Waals surface area contributed by atoms with E-state index in [0.29, 0.717) is 0 Å². The van der Waals surface area contributed by atoms with E-state index < -0.39 is 6.10 Å². The van der Waals surface area contributed by atoms with Crippen LogP contribution in [-0.4, -0.2) is 5.11 Å². The molecule has 0 aliphatic carbocycles. The van der Waals surface area contributed by atoms with Gasteiger partial charge in [0.1, 0.15) is 6.10 Å². The Bertz CT molecular complexity index is 599. The summed E-state index contributed by atoms with van der Waals surface area (Å²) in [5.74, 6) is 0. The van der Waals surface area contributed by atoms with E-state index in [9.17, 15) is 5.11 Å². The van der Waals surface area contributed by atoms with Crippen LogP contribution in [0.1, 0.15) is 53.3 Å².